The molecule has 0 radical (unpaired) electrons. The minimum absolute atomic E-state index is 0.110. The molecule has 1 unspecified atom stereocenters. The smallest absolute Gasteiger partial charge is 0.262 e. The normalized spacial score (nSPS) is 17.7. The molecule has 0 saturated heterocycles. The zero-order valence-corrected chi connectivity index (χ0v) is 22.9. The molecule has 1 aliphatic heterocycles. The first kappa shape index (κ1) is 27.9. The fraction of sp³-hybridized carbons (Fsp3) is 0.414. The summed E-state index contributed by atoms with van der Waals surface area (Å²) in [5.74, 6) is 0.0518. The molecule has 204 valence electrons. The van der Waals surface area contributed by atoms with Crippen molar-refractivity contribution >= 4 is 26.8 Å². The highest BCUT2D eigenvalue weighted by Gasteiger charge is 2.46. The van der Waals surface area contributed by atoms with Crippen molar-refractivity contribution in [1.29, 1.82) is 0 Å². The Morgan fingerprint density at radius 2 is 1.87 bits per heavy atom. The van der Waals surface area contributed by atoms with E-state index < -0.39 is 28.0 Å². The number of rotatable bonds is 13. The molecule has 0 spiro atoms. The van der Waals surface area contributed by atoms with Crippen molar-refractivity contribution in [3.05, 3.63) is 72.4 Å². The second-order valence-electron chi connectivity index (χ2n) is 9.58. The number of unbranched alkanes of at least 4 members (excludes halogenated alkanes) is 4. The molecule has 1 aliphatic rings. The van der Waals surface area contributed by atoms with Crippen molar-refractivity contribution in [2.45, 2.75) is 68.8 Å². The second-order valence-corrected chi connectivity index (χ2v) is 11.4. The number of benzene rings is 2. The summed E-state index contributed by atoms with van der Waals surface area (Å²) >= 11 is 0. The number of methoxy groups -OCH3 is 1. The average molecular weight is 540 g/mol. The van der Waals surface area contributed by atoms with Crippen molar-refractivity contribution in [2.75, 3.05) is 13.7 Å². The van der Waals surface area contributed by atoms with Gasteiger partial charge < -0.3 is 9.72 Å². The quantitative estimate of drug-likeness (QED) is 0.171. The van der Waals surface area contributed by atoms with Crippen LogP contribution in [-0.2, 0) is 26.1 Å². The van der Waals surface area contributed by atoms with Gasteiger partial charge in [0.15, 0.2) is 0 Å². The van der Waals surface area contributed by atoms with E-state index in [-0.39, 0.29) is 17.9 Å². The first-order valence-corrected chi connectivity index (χ1v) is 14.7. The number of sulfonamides is 1. The number of nitrogens with zero attached hydrogens (tertiary/aromatic N) is 1. The molecule has 1 aromatic heterocycles. The van der Waals surface area contributed by atoms with Gasteiger partial charge in [-0.05, 0) is 42.3 Å². The predicted molar refractivity (Wildman–Crippen MR) is 148 cm³/mol. The molecule has 2 atom stereocenters. The van der Waals surface area contributed by atoms with Gasteiger partial charge in [-0.2, -0.15) is 4.31 Å². The van der Waals surface area contributed by atoms with E-state index in [0.29, 0.717) is 12.2 Å². The fourth-order valence-electron chi connectivity index (χ4n) is 5.22. The first-order chi connectivity index (χ1) is 18.4. The topological polar surface area (TPSA) is 101 Å². The van der Waals surface area contributed by atoms with Crippen LogP contribution < -0.4 is 10.2 Å². The van der Waals surface area contributed by atoms with E-state index in [1.165, 1.54) is 29.6 Å². The Morgan fingerprint density at radius 3 is 2.58 bits per heavy atom. The summed E-state index contributed by atoms with van der Waals surface area (Å²) in [6.45, 7) is 5.88. The van der Waals surface area contributed by atoms with Gasteiger partial charge in [-0.25, -0.2) is 13.9 Å². The van der Waals surface area contributed by atoms with Gasteiger partial charge in [-0.15, -0.1) is 6.58 Å². The number of amides is 1. The summed E-state index contributed by atoms with van der Waals surface area (Å²) in [6, 6.07) is 12.7. The van der Waals surface area contributed by atoms with E-state index >= 15 is 0 Å². The Balaban J connectivity index is 1.81. The third-order valence-corrected chi connectivity index (χ3v) is 9.02. The number of carbonyl (C=O) groups excluding carboxylic acids is 1. The highest BCUT2D eigenvalue weighted by atomic mass is 32.2. The molecule has 2 N–H and O–H groups in total. The molecule has 9 heteroatoms. The highest BCUT2D eigenvalue weighted by molar-refractivity contribution is 7.89. The van der Waals surface area contributed by atoms with Crippen molar-refractivity contribution in [3.8, 4) is 5.75 Å². The molecule has 4 rings (SSSR count). The Labute approximate surface area is 225 Å². The standard InChI is InChI=1S/C29H37N3O5S/c1-4-6-7-8-9-14-26-28-24(23-12-10-11-13-25(23)30-28)20-27(29(33)31-37-19-5-2)32(26)38(34,35)22-17-15-21(36-3)16-18-22/h5,10-13,15-18,26-27,30H,2,4,6-9,14,19-20H2,1,3H3,(H,31,33)/t26?,27-/m1/s1. The zero-order valence-electron chi connectivity index (χ0n) is 22.1. The number of fused-ring (bicyclic) bond motifs is 3. The van der Waals surface area contributed by atoms with Crippen LogP contribution in [0.3, 0.4) is 0 Å². The third-order valence-electron chi connectivity index (χ3n) is 7.08. The monoisotopic (exact) mass is 539 g/mol. The molecule has 3 aromatic rings. The number of aromatic nitrogens is 1. The van der Waals surface area contributed by atoms with Crippen molar-refractivity contribution in [1.82, 2.24) is 14.8 Å². The molecule has 0 aliphatic carbocycles. The fourth-order valence-corrected chi connectivity index (χ4v) is 6.99. The van der Waals surface area contributed by atoms with Crippen molar-refractivity contribution in [2.24, 2.45) is 0 Å². The molecule has 0 saturated carbocycles. The number of para-hydroxylation sites is 1. The molecule has 38 heavy (non-hydrogen) atoms. The summed E-state index contributed by atoms with van der Waals surface area (Å²) < 4.78 is 35.1. The summed E-state index contributed by atoms with van der Waals surface area (Å²) in [5.41, 5.74) is 5.22. The number of nitrogens with one attached hydrogen (secondary N) is 2. The van der Waals surface area contributed by atoms with Crippen molar-refractivity contribution < 1.29 is 22.8 Å². The number of H-pyrrole nitrogens is 1. The lowest BCUT2D eigenvalue weighted by Crippen LogP contribution is -2.54. The zero-order chi connectivity index (χ0) is 27.1. The van der Waals surface area contributed by atoms with Gasteiger partial charge in [0.25, 0.3) is 5.91 Å². The van der Waals surface area contributed by atoms with E-state index in [4.69, 9.17) is 9.57 Å². The largest absolute Gasteiger partial charge is 0.497 e. The average Bonchev–Trinajstić information content (AvgIpc) is 3.31. The Kier molecular flexibility index (Phi) is 9.25. The maximum atomic E-state index is 14.2. The van der Waals surface area contributed by atoms with E-state index in [1.807, 2.05) is 24.3 Å². The van der Waals surface area contributed by atoms with Crippen LogP contribution in [0.1, 0.15) is 62.7 Å². The molecular formula is C29H37N3O5S. The van der Waals surface area contributed by atoms with Crippen LogP contribution in [0.15, 0.2) is 66.1 Å². The van der Waals surface area contributed by atoms with Gasteiger partial charge in [0.2, 0.25) is 10.0 Å². The van der Waals surface area contributed by atoms with E-state index in [9.17, 15) is 13.2 Å². The van der Waals surface area contributed by atoms with Gasteiger partial charge in [-0.3, -0.25) is 9.63 Å². The van der Waals surface area contributed by atoms with Crippen LogP contribution in [-0.4, -0.2) is 43.4 Å². The molecule has 0 fully saturated rings. The summed E-state index contributed by atoms with van der Waals surface area (Å²) in [4.78, 5) is 22.3. The highest BCUT2D eigenvalue weighted by Crippen LogP contribution is 2.43. The predicted octanol–water partition coefficient (Wildman–Crippen LogP) is 5.43. The Hall–Kier alpha value is -3.14. The van der Waals surface area contributed by atoms with Gasteiger partial charge in [0, 0.05) is 23.0 Å². The van der Waals surface area contributed by atoms with E-state index in [2.05, 4.69) is 24.0 Å². The Bertz CT molecular complexity index is 1350. The molecule has 2 heterocycles. The number of hydrogen-bond acceptors (Lipinski definition) is 5. The lowest BCUT2D eigenvalue weighted by molar-refractivity contribution is -0.137. The molecule has 0 bridgehead atoms. The summed E-state index contributed by atoms with van der Waals surface area (Å²) in [5, 5.41) is 1.00. The maximum Gasteiger partial charge on any atom is 0.262 e. The van der Waals surface area contributed by atoms with Crippen LogP contribution in [0.4, 0.5) is 0 Å². The molecule has 2 aromatic carbocycles. The molecule has 1 amide bonds. The van der Waals surface area contributed by atoms with Gasteiger partial charge in [-0.1, -0.05) is 63.3 Å². The van der Waals surface area contributed by atoms with Crippen LogP contribution in [0.5, 0.6) is 5.75 Å². The van der Waals surface area contributed by atoms with Crippen LogP contribution >= 0.6 is 0 Å². The van der Waals surface area contributed by atoms with Crippen LogP contribution in [0.2, 0.25) is 0 Å². The molecular weight excluding hydrogens is 502 g/mol. The van der Waals surface area contributed by atoms with E-state index in [1.54, 1.807) is 12.1 Å². The van der Waals surface area contributed by atoms with Gasteiger partial charge >= 0.3 is 0 Å². The first-order valence-electron chi connectivity index (χ1n) is 13.2. The third kappa shape index (κ3) is 5.80. The lowest BCUT2D eigenvalue weighted by atomic mass is 9.91. The Morgan fingerprint density at radius 1 is 1.13 bits per heavy atom. The summed E-state index contributed by atoms with van der Waals surface area (Å²) in [7, 11) is -2.54. The summed E-state index contributed by atoms with van der Waals surface area (Å²) in [6.07, 6.45) is 7.53. The number of hydrogen-bond donors (Lipinski definition) is 2. The number of ether oxygens (including phenoxy) is 1. The maximum absolute atomic E-state index is 14.2. The lowest BCUT2D eigenvalue weighted by Gasteiger charge is -2.40. The van der Waals surface area contributed by atoms with Crippen molar-refractivity contribution in [3.63, 3.8) is 0 Å². The number of carbonyl (C=O) groups is 1. The molecule has 8 nitrogen and oxygen atoms in total. The van der Waals surface area contributed by atoms with E-state index in [0.717, 1.165) is 54.3 Å². The van der Waals surface area contributed by atoms with Gasteiger partial charge in [0.05, 0.1) is 24.7 Å². The van der Waals surface area contributed by atoms with Crippen LogP contribution in [0, 0.1) is 0 Å². The SMILES string of the molecule is C=CCONC(=O)[C@H]1Cc2c([nH]c3ccccc23)C(CCCCCCC)N1S(=O)(=O)c1ccc(OC)cc1. The van der Waals surface area contributed by atoms with Crippen LogP contribution in [0.25, 0.3) is 10.9 Å². The number of hydroxylamine groups is 1. The van der Waals surface area contributed by atoms with Gasteiger partial charge in [0.1, 0.15) is 11.8 Å². The number of aromatic amines is 1. The minimum atomic E-state index is -4.07. The minimum Gasteiger partial charge on any atom is -0.497 e. The second kappa shape index (κ2) is 12.6.